The highest BCUT2D eigenvalue weighted by Crippen LogP contribution is 2.35. The predicted molar refractivity (Wildman–Crippen MR) is 128 cm³/mol. The monoisotopic (exact) mass is 468 g/mol. The zero-order chi connectivity index (χ0) is 22.2. The van der Waals surface area contributed by atoms with Crippen LogP contribution in [-0.4, -0.2) is 32.5 Å². The molecule has 4 aromatic rings. The summed E-state index contributed by atoms with van der Waals surface area (Å²) in [5.41, 5.74) is 3.16. The van der Waals surface area contributed by atoms with E-state index in [4.69, 9.17) is 0 Å². The number of rotatable bonds is 6. The molecule has 0 aliphatic heterocycles. The third-order valence-corrected chi connectivity index (χ3v) is 8.33. The van der Waals surface area contributed by atoms with Crippen LogP contribution in [-0.2, 0) is 32.4 Å². The van der Waals surface area contributed by atoms with E-state index < -0.39 is 0 Å². The number of thiophene rings is 1. The predicted octanol–water partition coefficient (Wildman–Crippen LogP) is 4.59. The number of benzene rings is 1. The number of aromatic nitrogens is 3. The molecule has 1 atom stereocenters. The van der Waals surface area contributed by atoms with Crippen molar-refractivity contribution >= 4 is 32.9 Å². The molecule has 5 nitrogen and oxygen atoms in total. The lowest BCUT2D eigenvalue weighted by atomic mass is 9.92. The number of likely N-dealkylation sites (N-methyl/N-ethyl adjacent to an activating group) is 1. The number of aryl methyl sites for hydroxylation is 4. The first-order valence-electron chi connectivity index (χ1n) is 10.8. The van der Waals surface area contributed by atoms with Crippen molar-refractivity contribution in [2.75, 3.05) is 7.05 Å². The van der Waals surface area contributed by atoms with Crippen molar-refractivity contribution < 1.29 is 4.39 Å². The lowest BCUT2D eigenvalue weighted by Crippen LogP contribution is -2.35. The van der Waals surface area contributed by atoms with Crippen LogP contribution in [0.4, 0.5) is 4.39 Å². The summed E-state index contributed by atoms with van der Waals surface area (Å²) in [6, 6.07) is 6.98. The summed E-state index contributed by atoms with van der Waals surface area (Å²) in [7, 11) is 2.16. The molecule has 3 heterocycles. The van der Waals surface area contributed by atoms with E-state index in [1.807, 2.05) is 13.0 Å². The second-order valence-electron chi connectivity index (χ2n) is 8.50. The molecule has 0 fully saturated rings. The average molecular weight is 469 g/mol. The quantitative estimate of drug-likeness (QED) is 0.415. The highest BCUT2D eigenvalue weighted by molar-refractivity contribution is 7.18. The molecule has 1 aliphatic rings. The van der Waals surface area contributed by atoms with Gasteiger partial charge in [0.2, 0.25) is 0 Å². The van der Waals surface area contributed by atoms with Crippen molar-refractivity contribution in [3.8, 4) is 0 Å². The summed E-state index contributed by atoms with van der Waals surface area (Å²) in [6.45, 7) is 3.38. The molecular weight excluding hydrogens is 443 g/mol. The molecule has 1 aliphatic carbocycles. The van der Waals surface area contributed by atoms with Crippen LogP contribution in [0.15, 0.2) is 40.8 Å². The van der Waals surface area contributed by atoms with Gasteiger partial charge in [-0.05, 0) is 62.9 Å². The SMILES string of the molecule is Cc1csc(CN(C)[C@@H]2CCc3c(sc4ncn(CCc5cccc(F)c5)c(=O)c34)C2)n1. The molecule has 0 bridgehead atoms. The fourth-order valence-electron chi connectivity index (χ4n) is 4.48. The standard InChI is InChI=1S/C24H25FN4OS2/c1-15-13-31-21(27-15)12-28(2)18-6-7-19-20(11-18)32-23-22(19)24(30)29(14-26-23)9-8-16-4-3-5-17(25)10-16/h3-5,10,13-14,18H,6-9,11-12H2,1-2H3/t18-/m1/s1. The first-order valence-corrected chi connectivity index (χ1v) is 12.5. The molecule has 0 unspecified atom stereocenters. The van der Waals surface area contributed by atoms with Crippen LogP contribution < -0.4 is 5.56 Å². The Bertz CT molecular complexity index is 1330. The van der Waals surface area contributed by atoms with Gasteiger partial charge in [-0.25, -0.2) is 14.4 Å². The minimum absolute atomic E-state index is 0.0222. The molecule has 8 heteroatoms. The highest BCUT2D eigenvalue weighted by atomic mass is 32.1. The third kappa shape index (κ3) is 4.27. The smallest absolute Gasteiger partial charge is 0.262 e. The van der Waals surface area contributed by atoms with Crippen molar-refractivity contribution in [3.63, 3.8) is 0 Å². The van der Waals surface area contributed by atoms with Gasteiger partial charge in [0.05, 0.1) is 18.3 Å². The number of halogens is 1. The number of fused-ring (bicyclic) bond motifs is 3. The molecule has 0 radical (unpaired) electrons. The lowest BCUT2D eigenvalue weighted by Gasteiger charge is -2.30. The van der Waals surface area contributed by atoms with Crippen molar-refractivity contribution in [2.24, 2.45) is 0 Å². The minimum Gasteiger partial charge on any atom is -0.298 e. The summed E-state index contributed by atoms with van der Waals surface area (Å²) in [5.74, 6) is -0.250. The summed E-state index contributed by atoms with van der Waals surface area (Å²) >= 11 is 3.37. The van der Waals surface area contributed by atoms with Gasteiger partial charge in [0.15, 0.2) is 0 Å². The normalized spacial score (nSPS) is 16.1. The summed E-state index contributed by atoms with van der Waals surface area (Å²) < 4.78 is 15.1. The van der Waals surface area contributed by atoms with Crippen LogP contribution in [0.25, 0.3) is 10.2 Å². The van der Waals surface area contributed by atoms with Crippen molar-refractivity contribution in [1.29, 1.82) is 0 Å². The van der Waals surface area contributed by atoms with Gasteiger partial charge in [-0.1, -0.05) is 12.1 Å². The van der Waals surface area contributed by atoms with Crippen molar-refractivity contribution in [3.05, 3.63) is 78.8 Å². The van der Waals surface area contributed by atoms with Gasteiger partial charge in [-0.15, -0.1) is 22.7 Å². The fourth-order valence-corrected chi connectivity index (χ4v) is 6.56. The largest absolute Gasteiger partial charge is 0.298 e. The number of nitrogens with zero attached hydrogens (tertiary/aromatic N) is 4. The van der Waals surface area contributed by atoms with E-state index in [0.717, 1.165) is 52.3 Å². The number of hydrogen-bond donors (Lipinski definition) is 0. The first kappa shape index (κ1) is 21.4. The van der Waals surface area contributed by atoms with Crippen LogP contribution >= 0.6 is 22.7 Å². The van der Waals surface area contributed by atoms with Gasteiger partial charge in [-0.3, -0.25) is 14.3 Å². The van der Waals surface area contributed by atoms with E-state index in [1.54, 1.807) is 39.6 Å². The van der Waals surface area contributed by atoms with Gasteiger partial charge < -0.3 is 0 Å². The molecule has 0 N–H and O–H groups in total. The lowest BCUT2D eigenvalue weighted by molar-refractivity contribution is 0.215. The molecule has 0 saturated heterocycles. The summed E-state index contributed by atoms with van der Waals surface area (Å²) in [5, 5.41) is 4.03. The fraction of sp³-hybridized carbons (Fsp3) is 0.375. The van der Waals surface area contributed by atoms with E-state index in [1.165, 1.54) is 22.6 Å². The van der Waals surface area contributed by atoms with Crippen molar-refractivity contribution in [1.82, 2.24) is 19.4 Å². The molecule has 0 amide bonds. The van der Waals surface area contributed by atoms with Gasteiger partial charge in [-0.2, -0.15) is 0 Å². The third-order valence-electron chi connectivity index (χ3n) is 6.21. The maximum absolute atomic E-state index is 13.5. The van der Waals surface area contributed by atoms with Gasteiger partial charge in [0.1, 0.15) is 15.7 Å². The summed E-state index contributed by atoms with van der Waals surface area (Å²) in [4.78, 5) is 26.9. The topological polar surface area (TPSA) is 51.0 Å². The van der Waals surface area contributed by atoms with E-state index in [2.05, 4.69) is 27.3 Å². The molecule has 5 rings (SSSR count). The molecule has 0 spiro atoms. The van der Waals surface area contributed by atoms with Gasteiger partial charge in [0, 0.05) is 28.5 Å². The number of hydrogen-bond acceptors (Lipinski definition) is 6. The molecule has 0 saturated carbocycles. The zero-order valence-electron chi connectivity index (χ0n) is 18.2. The average Bonchev–Trinajstić information content (AvgIpc) is 3.35. The molecular formula is C24H25FN4OS2. The minimum atomic E-state index is -0.250. The van der Waals surface area contributed by atoms with E-state index in [0.29, 0.717) is 19.0 Å². The molecule has 32 heavy (non-hydrogen) atoms. The zero-order valence-corrected chi connectivity index (χ0v) is 19.8. The Kier molecular flexibility index (Phi) is 5.92. The second kappa shape index (κ2) is 8.84. The highest BCUT2D eigenvalue weighted by Gasteiger charge is 2.27. The van der Waals surface area contributed by atoms with Crippen molar-refractivity contribution in [2.45, 2.75) is 51.7 Å². The van der Waals surface area contributed by atoms with Crippen LogP contribution in [0, 0.1) is 12.7 Å². The Balaban J connectivity index is 1.35. The van der Waals surface area contributed by atoms with Crippen LogP contribution in [0.1, 0.15) is 33.1 Å². The molecule has 3 aromatic heterocycles. The Morgan fingerprint density at radius 2 is 2.22 bits per heavy atom. The molecule has 1 aromatic carbocycles. The maximum atomic E-state index is 13.5. The van der Waals surface area contributed by atoms with E-state index in [9.17, 15) is 9.18 Å². The second-order valence-corrected chi connectivity index (χ2v) is 10.5. The van der Waals surface area contributed by atoms with Crippen LogP contribution in [0.5, 0.6) is 0 Å². The van der Waals surface area contributed by atoms with Gasteiger partial charge >= 0.3 is 0 Å². The molecule has 166 valence electrons. The van der Waals surface area contributed by atoms with Gasteiger partial charge in [0.25, 0.3) is 5.56 Å². The van der Waals surface area contributed by atoms with Crippen LogP contribution in [0.3, 0.4) is 0 Å². The number of thiazole rings is 1. The Morgan fingerprint density at radius 3 is 3.00 bits per heavy atom. The Morgan fingerprint density at radius 1 is 1.34 bits per heavy atom. The maximum Gasteiger partial charge on any atom is 0.262 e. The van der Waals surface area contributed by atoms with E-state index in [-0.39, 0.29) is 11.4 Å². The van der Waals surface area contributed by atoms with E-state index >= 15 is 0 Å². The first-order chi connectivity index (χ1) is 15.5. The van der Waals surface area contributed by atoms with Crippen LogP contribution in [0.2, 0.25) is 0 Å². The summed E-state index contributed by atoms with van der Waals surface area (Å²) in [6.07, 6.45) is 5.10. The Labute approximate surface area is 194 Å². The Hall–Kier alpha value is -2.42.